The Morgan fingerprint density at radius 3 is 2.50 bits per heavy atom. The number of unbranched alkanes of at least 4 members (excludes halogenated alkanes) is 4. The molecular weight excluding hydrogens is 222 g/mol. The van der Waals surface area contributed by atoms with Crippen LogP contribution < -0.4 is 4.74 Å². The van der Waals surface area contributed by atoms with E-state index in [9.17, 15) is 0 Å². The monoisotopic (exact) mass is 247 g/mol. The van der Waals surface area contributed by atoms with Crippen LogP contribution in [-0.4, -0.2) is 19.4 Å². The Hall–Kier alpha value is -1.31. The molecule has 1 aromatic rings. The Labute approximate surface area is 111 Å². The molecule has 100 valence electrons. The van der Waals surface area contributed by atoms with Gasteiger partial charge in [0.15, 0.2) is 0 Å². The molecule has 1 rings (SSSR count). The molecule has 0 amide bonds. The number of aryl methyl sites for hydroxylation is 1. The zero-order valence-corrected chi connectivity index (χ0v) is 11.7. The predicted octanol–water partition coefficient (Wildman–Crippen LogP) is 4.42. The molecule has 2 nitrogen and oxygen atoms in total. The fourth-order valence-corrected chi connectivity index (χ4v) is 1.72. The summed E-state index contributed by atoms with van der Waals surface area (Å²) >= 11 is 0. The van der Waals surface area contributed by atoms with Crippen molar-refractivity contribution in [1.82, 2.24) is 0 Å². The number of hydrogen-bond donors (Lipinski definition) is 0. The third-order valence-corrected chi connectivity index (χ3v) is 2.87. The van der Waals surface area contributed by atoms with Crippen LogP contribution in [0.3, 0.4) is 0 Å². The summed E-state index contributed by atoms with van der Waals surface area (Å²) in [7, 11) is 0. The molecule has 0 aliphatic carbocycles. The van der Waals surface area contributed by atoms with E-state index in [2.05, 4.69) is 31.0 Å². The quantitative estimate of drug-likeness (QED) is 0.468. The van der Waals surface area contributed by atoms with E-state index in [1.54, 1.807) is 0 Å². The molecule has 0 spiro atoms. The first-order valence-electron chi connectivity index (χ1n) is 7.00. The molecule has 2 heteroatoms. The van der Waals surface area contributed by atoms with Gasteiger partial charge in [-0.2, -0.15) is 0 Å². The average molecular weight is 247 g/mol. The first-order chi connectivity index (χ1) is 8.83. The number of aliphatic imine (C=N–C) groups is 1. The van der Waals surface area contributed by atoms with E-state index >= 15 is 0 Å². The van der Waals surface area contributed by atoms with E-state index in [0.29, 0.717) is 6.61 Å². The highest BCUT2D eigenvalue weighted by Gasteiger charge is 1.90. The third-order valence-electron chi connectivity index (χ3n) is 2.87. The first kappa shape index (κ1) is 14.7. The summed E-state index contributed by atoms with van der Waals surface area (Å²) < 4.78 is 5.56. The number of nitrogens with zero attached hydrogens (tertiary/aromatic N) is 1. The van der Waals surface area contributed by atoms with Crippen LogP contribution in [0.5, 0.6) is 5.75 Å². The lowest BCUT2D eigenvalue weighted by Crippen LogP contribution is -1.98. The minimum atomic E-state index is 0.567. The van der Waals surface area contributed by atoms with Crippen molar-refractivity contribution in [3.63, 3.8) is 0 Å². The van der Waals surface area contributed by atoms with Crippen molar-refractivity contribution in [2.75, 3.05) is 13.2 Å². The van der Waals surface area contributed by atoms with E-state index in [4.69, 9.17) is 4.74 Å². The van der Waals surface area contributed by atoms with Gasteiger partial charge in [-0.15, -0.1) is 0 Å². The minimum absolute atomic E-state index is 0.567. The predicted molar refractivity (Wildman–Crippen MR) is 78.8 cm³/mol. The second kappa shape index (κ2) is 9.69. The summed E-state index contributed by atoms with van der Waals surface area (Å²) in [6.07, 6.45) is 8.35. The van der Waals surface area contributed by atoms with Gasteiger partial charge in [0.05, 0.1) is 0 Å². The molecule has 18 heavy (non-hydrogen) atoms. The lowest BCUT2D eigenvalue weighted by Gasteiger charge is -2.02. The molecule has 0 radical (unpaired) electrons. The maximum absolute atomic E-state index is 5.56. The molecule has 0 aliphatic heterocycles. The van der Waals surface area contributed by atoms with Crippen LogP contribution in [0, 0.1) is 6.92 Å². The summed E-state index contributed by atoms with van der Waals surface area (Å²) in [5, 5.41) is 0. The molecule has 0 aromatic heterocycles. The van der Waals surface area contributed by atoms with Crippen LogP contribution in [0.1, 0.15) is 44.6 Å². The molecule has 0 bridgehead atoms. The molecule has 0 atom stereocenters. The van der Waals surface area contributed by atoms with Crippen molar-refractivity contribution in [2.45, 2.75) is 46.0 Å². The maximum Gasteiger partial charge on any atom is 0.123 e. The van der Waals surface area contributed by atoms with Crippen LogP contribution in [0.25, 0.3) is 0 Å². The van der Waals surface area contributed by atoms with Gasteiger partial charge in [-0.1, -0.05) is 50.3 Å². The molecule has 0 N–H and O–H groups in total. The lowest BCUT2D eigenvalue weighted by atomic mass is 10.2. The van der Waals surface area contributed by atoms with Crippen LogP contribution in [0.4, 0.5) is 0 Å². The Kier molecular flexibility index (Phi) is 7.94. The van der Waals surface area contributed by atoms with Crippen LogP contribution >= 0.6 is 0 Å². The fourth-order valence-electron chi connectivity index (χ4n) is 1.72. The van der Waals surface area contributed by atoms with Crippen molar-refractivity contribution in [1.29, 1.82) is 0 Å². The van der Waals surface area contributed by atoms with E-state index in [1.807, 2.05) is 18.3 Å². The van der Waals surface area contributed by atoms with Crippen LogP contribution in [-0.2, 0) is 0 Å². The molecular formula is C16H25NO. The fraction of sp³-hybridized carbons (Fsp3) is 0.562. The van der Waals surface area contributed by atoms with Gasteiger partial charge in [-0.3, -0.25) is 4.99 Å². The topological polar surface area (TPSA) is 21.6 Å². The van der Waals surface area contributed by atoms with E-state index in [1.165, 1.54) is 37.7 Å². The number of ether oxygens (including phenoxy) is 1. The summed E-state index contributed by atoms with van der Waals surface area (Å²) in [6.45, 7) is 5.81. The molecule has 1 aromatic carbocycles. The average Bonchev–Trinajstić information content (AvgIpc) is 2.39. The maximum atomic E-state index is 5.56. The number of hydrogen-bond acceptors (Lipinski definition) is 2. The van der Waals surface area contributed by atoms with Crippen molar-refractivity contribution in [3.05, 3.63) is 29.8 Å². The highest BCUT2D eigenvalue weighted by Crippen LogP contribution is 2.10. The second-order valence-electron chi connectivity index (χ2n) is 4.63. The first-order valence-corrected chi connectivity index (χ1v) is 7.00. The van der Waals surface area contributed by atoms with Crippen LogP contribution in [0.15, 0.2) is 29.3 Å². The Balaban J connectivity index is 2.01. The standard InChI is InChI=1S/C16H25NO/c1-3-4-5-6-7-12-17-13-14-18-16-10-8-15(2)9-11-16/h8-11,13H,3-7,12,14H2,1-2H3. The zero-order chi connectivity index (χ0) is 13.1. The van der Waals surface area contributed by atoms with Gasteiger partial charge in [0.25, 0.3) is 0 Å². The third kappa shape index (κ3) is 7.10. The minimum Gasteiger partial charge on any atom is -0.488 e. The second-order valence-corrected chi connectivity index (χ2v) is 4.63. The smallest absolute Gasteiger partial charge is 0.123 e. The van der Waals surface area contributed by atoms with Crippen molar-refractivity contribution in [2.24, 2.45) is 4.99 Å². The van der Waals surface area contributed by atoms with Gasteiger partial charge < -0.3 is 4.74 Å². The molecule has 0 saturated carbocycles. The Morgan fingerprint density at radius 1 is 1.06 bits per heavy atom. The molecule has 0 saturated heterocycles. The van der Waals surface area contributed by atoms with E-state index < -0.39 is 0 Å². The highest BCUT2D eigenvalue weighted by molar-refractivity contribution is 5.59. The van der Waals surface area contributed by atoms with Gasteiger partial charge in [-0.25, -0.2) is 0 Å². The van der Waals surface area contributed by atoms with E-state index in [0.717, 1.165) is 12.3 Å². The van der Waals surface area contributed by atoms with Crippen molar-refractivity contribution < 1.29 is 4.74 Å². The normalized spacial score (nSPS) is 11.0. The molecule has 0 fully saturated rings. The van der Waals surface area contributed by atoms with Gasteiger partial charge in [0.2, 0.25) is 0 Å². The molecule has 0 heterocycles. The Morgan fingerprint density at radius 2 is 1.78 bits per heavy atom. The van der Waals surface area contributed by atoms with E-state index in [-0.39, 0.29) is 0 Å². The van der Waals surface area contributed by atoms with Gasteiger partial charge in [0.1, 0.15) is 12.4 Å². The summed E-state index contributed by atoms with van der Waals surface area (Å²) in [5.41, 5.74) is 1.25. The largest absolute Gasteiger partial charge is 0.488 e. The van der Waals surface area contributed by atoms with Crippen LogP contribution in [0.2, 0.25) is 0 Å². The Bertz CT molecular complexity index is 329. The SMILES string of the molecule is CCCCCCCN=CCOc1ccc(C)cc1. The van der Waals surface area contributed by atoms with Crippen molar-refractivity contribution >= 4 is 6.21 Å². The number of benzene rings is 1. The van der Waals surface area contributed by atoms with Gasteiger partial charge >= 0.3 is 0 Å². The van der Waals surface area contributed by atoms with Gasteiger partial charge in [0, 0.05) is 12.8 Å². The molecule has 0 unspecified atom stereocenters. The van der Waals surface area contributed by atoms with Gasteiger partial charge in [-0.05, 0) is 25.5 Å². The van der Waals surface area contributed by atoms with Crippen molar-refractivity contribution in [3.8, 4) is 5.75 Å². The summed E-state index contributed by atoms with van der Waals surface area (Å²) in [5.74, 6) is 0.912. The summed E-state index contributed by atoms with van der Waals surface area (Å²) in [4.78, 5) is 4.35. The number of rotatable bonds is 9. The lowest BCUT2D eigenvalue weighted by molar-refractivity contribution is 0.380. The highest BCUT2D eigenvalue weighted by atomic mass is 16.5. The molecule has 0 aliphatic rings. The zero-order valence-electron chi connectivity index (χ0n) is 11.7. The summed E-state index contributed by atoms with van der Waals surface area (Å²) in [6, 6.07) is 8.10.